The van der Waals surface area contributed by atoms with Gasteiger partial charge in [-0.3, -0.25) is 5.32 Å². The second kappa shape index (κ2) is 6.58. The number of nitrogens with one attached hydrogen (secondary N) is 1. The van der Waals surface area contributed by atoms with Crippen LogP contribution in [0, 0.1) is 46.3 Å². The minimum absolute atomic E-state index is 0.0439. The SMILES string of the molecule is CC1CC[C@@]2(NC1)OC1CC3C4CC=C5CC(O)CCC5(C)C4CCC3(C)C1C2C. The number of rotatable bonds is 0. The van der Waals surface area contributed by atoms with Crippen molar-refractivity contribution in [2.24, 2.45) is 46.3 Å². The van der Waals surface area contributed by atoms with Crippen LogP contribution in [0.1, 0.15) is 85.5 Å². The van der Waals surface area contributed by atoms with E-state index in [1.807, 2.05) is 0 Å². The van der Waals surface area contributed by atoms with E-state index >= 15 is 0 Å². The molecular weight excluding hydrogens is 370 g/mol. The van der Waals surface area contributed by atoms with Crippen LogP contribution in [0.4, 0.5) is 0 Å². The molecule has 10 unspecified atom stereocenters. The Kier molecular flexibility index (Phi) is 4.44. The average Bonchev–Trinajstić information content (AvgIpc) is 3.16. The first-order chi connectivity index (χ1) is 14.3. The quantitative estimate of drug-likeness (QED) is 0.530. The van der Waals surface area contributed by atoms with Gasteiger partial charge < -0.3 is 9.84 Å². The highest BCUT2D eigenvalue weighted by Crippen LogP contribution is 2.70. The van der Waals surface area contributed by atoms with Crippen molar-refractivity contribution < 1.29 is 9.84 Å². The maximum atomic E-state index is 10.3. The summed E-state index contributed by atoms with van der Waals surface area (Å²) in [5.41, 5.74) is 2.33. The maximum absolute atomic E-state index is 10.3. The summed E-state index contributed by atoms with van der Waals surface area (Å²) in [7, 11) is 0. The first kappa shape index (κ1) is 20.2. The van der Waals surface area contributed by atoms with Gasteiger partial charge in [-0.25, -0.2) is 0 Å². The molecule has 2 heterocycles. The monoisotopic (exact) mass is 413 g/mol. The van der Waals surface area contributed by atoms with Gasteiger partial charge in [0, 0.05) is 12.5 Å². The molecule has 0 radical (unpaired) electrons. The van der Waals surface area contributed by atoms with Crippen molar-refractivity contribution in [1.29, 1.82) is 0 Å². The van der Waals surface area contributed by atoms with E-state index in [9.17, 15) is 5.11 Å². The van der Waals surface area contributed by atoms with Crippen molar-refractivity contribution >= 4 is 0 Å². The minimum atomic E-state index is -0.100. The van der Waals surface area contributed by atoms with Crippen LogP contribution in [0.5, 0.6) is 0 Å². The van der Waals surface area contributed by atoms with Crippen LogP contribution in [0.3, 0.4) is 0 Å². The van der Waals surface area contributed by atoms with E-state index in [4.69, 9.17) is 4.74 Å². The van der Waals surface area contributed by atoms with E-state index < -0.39 is 0 Å². The number of aliphatic hydroxyl groups is 1. The largest absolute Gasteiger partial charge is 0.393 e. The molecule has 0 aromatic carbocycles. The molecule has 6 aliphatic rings. The fourth-order valence-corrected chi connectivity index (χ4v) is 9.84. The molecule has 11 atom stereocenters. The molecule has 3 heteroatoms. The molecular formula is C27H43NO2. The third-order valence-electron chi connectivity index (χ3n) is 11.6. The highest BCUT2D eigenvalue weighted by Gasteiger charge is 2.68. The minimum Gasteiger partial charge on any atom is -0.393 e. The lowest BCUT2D eigenvalue weighted by Crippen LogP contribution is -2.57. The Hall–Kier alpha value is -0.380. The molecule has 5 fully saturated rings. The van der Waals surface area contributed by atoms with Gasteiger partial charge in [0.15, 0.2) is 0 Å². The molecule has 0 aromatic heterocycles. The molecule has 168 valence electrons. The predicted molar refractivity (Wildman–Crippen MR) is 120 cm³/mol. The number of aliphatic hydroxyl groups excluding tert-OH is 1. The zero-order chi connectivity index (χ0) is 20.9. The van der Waals surface area contributed by atoms with E-state index in [1.165, 1.54) is 44.9 Å². The van der Waals surface area contributed by atoms with E-state index in [0.29, 0.717) is 22.9 Å². The van der Waals surface area contributed by atoms with E-state index in [2.05, 4.69) is 39.1 Å². The molecule has 0 aromatic rings. The third-order valence-corrected chi connectivity index (χ3v) is 11.6. The van der Waals surface area contributed by atoms with Crippen molar-refractivity contribution in [1.82, 2.24) is 5.32 Å². The molecule has 2 N–H and O–H groups in total. The fraction of sp³-hybridized carbons (Fsp3) is 0.926. The molecule has 3 nitrogen and oxygen atoms in total. The van der Waals surface area contributed by atoms with Gasteiger partial charge in [0.05, 0.1) is 12.2 Å². The number of allylic oxidation sites excluding steroid dienone is 1. The van der Waals surface area contributed by atoms with Crippen molar-refractivity contribution in [2.45, 2.75) is 103 Å². The molecule has 2 aliphatic heterocycles. The Labute approximate surface area is 183 Å². The van der Waals surface area contributed by atoms with Crippen LogP contribution < -0.4 is 5.32 Å². The molecule has 0 amide bonds. The number of ether oxygens (including phenoxy) is 1. The normalized spacial score (nSPS) is 59.8. The zero-order valence-corrected chi connectivity index (χ0v) is 19.6. The van der Waals surface area contributed by atoms with Gasteiger partial charge in [-0.15, -0.1) is 0 Å². The molecule has 2 saturated heterocycles. The van der Waals surface area contributed by atoms with Crippen LogP contribution in [0.15, 0.2) is 11.6 Å². The summed E-state index contributed by atoms with van der Waals surface area (Å²) in [4.78, 5) is 0. The second-order valence-corrected chi connectivity index (χ2v) is 12.8. The Bertz CT molecular complexity index is 739. The van der Waals surface area contributed by atoms with E-state index in [0.717, 1.165) is 49.0 Å². The molecule has 3 saturated carbocycles. The molecule has 4 aliphatic carbocycles. The van der Waals surface area contributed by atoms with Gasteiger partial charge in [0.1, 0.15) is 5.72 Å². The lowest BCUT2D eigenvalue weighted by molar-refractivity contribution is -0.115. The number of hydrogen-bond acceptors (Lipinski definition) is 3. The second-order valence-electron chi connectivity index (χ2n) is 12.8. The average molecular weight is 414 g/mol. The Morgan fingerprint density at radius 2 is 1.90 bits per heavy atom. The number of hydrogen-bond donors (Lipinski definition) is 2. The van der Waals surface area contributed by atoms with Crippen molar-refractivity contribution in [2.75, 3.05) is 6.54 Å². The Morgan fingerprint density at radius 1 is 1.07 bits per heavy atom. The number of fused-ring (bicyclic) bond motifs is 7. The van der Waals surface area contributed by atoms with Crippen molar-refractivity contribution in [3.63, 3.8) is 0 Å². The summed E-state index contributed by atoms with van der Waals surface area (Å²) < 4.78 is 7.00. The van der Waals surface area contributed by atoms with Gasteiger partial charge in [-0.2, -0.15) is 0 Å². The maximum Gasteiger partial charge on any atom is 0.122 e. The van der Waals surface area contributed by atoms with E-state index in [-0.39, 0.29) is 11.8 Å². The lowest BCUT2D eigenvalue weighted by Gasteiger charge is -2.58. The Balaban J connectivity index is 1.28. The third kappa shape index (κ3) is 2.55. The Morgan fingerprint density at radius 3 is 2.67 bits per heavy atom. The zero-order valence-electron chi connectivity index (χ0n) is 19.6. The first-order valence-electron chi connectivity index (χ1n) is 13.1. The van der Waals surface area contributed by atoms with Crippen LogP contribution >= 0.6 is 0 Å². The van der Waals surface area contributed by atoms with Gasteiger partial charge >= 0.3 is 0 Å². The molecule has 30 heavy (non-hydrogen) atoms. The van der Waals surface area contributed by atoms with E-state index in [1.54, 1.807) is 5.57 Å². The smallest absolute Gasteiger partial charge is 0.122 e. The van der Waals surface area contributed by atoms with Crippen LogP contribution in [-0.2, 0) is 4.74 Å². The van der Waals surface area contributed by atoms with Gasteiger partial charge in [-0.05, 0) is 98.2 Å². The summed E-state index contributed by atoms with van der Waals surface area (Å²) in [5, 5.41) is 14.1. The summed E-state index contributed by atoms with van der Waals surface area (Å²) in [6, 6.07) is 0. The summed E-state index contributed by atoms with van der Waals surface area (Å²) >= 11 is 0. The summed E-state index contributed by atoms with van der Waals surface area (Å²) in [6.07, 6.45) is 13.8. The highest BCUT2D eigenvalue weighted by atomic mass is 16.5. The van der Waals surface area contributed by atoms with Gasteiger partial charge in [0.2, 0.25) is 0 Å². The van der Waals surface area contributed by atoms with Crippen LogP contribution in [0.2, 0.25) is 0 Å². The number of piperidine rings is 1. The van der Waals surface area contributed by atoms with Gasteiger partial charge in [0.25, 0.3) is 0 Å². The fourth-order valence-electron chi connectivity index (χ4n) is 9.84. The molecule has 0 bridgehead atoms. The van der Waals surface area contributed by atoms with Crippen LogP contribution in [0.25, 0.3) is 0 Å². The first-order valence-corrected chi connectivity index (χ1v) is 13.1. The van der Waals surface area contributed by atoms with Gasteiger partial charge in [-0.1, -0.05) is 39.3 Å². The predicted octanol–water partition coefficient (Wildman–Crippen LogP) is 5.29. The standard InChI is InChI=1S/C27H43NO2/c1-16-7-12-27(28-15-16)17(2)24-23(30-27)14-22-20-6-5-18-13-19(29)8-10-25(18,3)21(20)9-11-26(22,24)4/h5,16-17,19-24,28-29H,6-15H2,1-4H3/t16?,17?,19?,20?,21?,22?,23?,24?,25?,26?,27-/m1/s1. The van der Waals surface area contributed by atoms with Crippen molar-refractivity contribution in [3.8, 4) is 0 Å². The topological polar surface area (TPSA) is 41.5 Å². The summed E-state index contributed by atoms with van der Waals surface area (Å²) in [5.74, 6) is 4.58. The molecule has 6 rings (SSSR count). The lowest BCUT2D eigenvalue weighted by atomic mass is 9.47. The highest BCUT2D eigenvalue weighted by molar-refractivity contribution is 5.26. The summed E-state index contributed by atoms with van der Waals surface area (Å²) in [6.45, 7) is 11.2. The van der Waals surface area contributed by atoms with Crippen molar-refractivity contribution in [3.05, 3.63) is 11.6 Å². The molecule has 1 spiro atoms. The van der Waals surface area contributed by atoms with Crippen LogP contribution in [-0.4, -0.2) is 29.6 Å².